The van der Waals surface area contributed by atoms with Crippen LogP contribution in [0.1, 0.15) is 27.0 Å². The molecule has 0 aliphatic rings. The van der Waals surface area contributed by atoms with Gasteiger partial charge in [0.2, 0.25) is 0 Å². The molecule has 5 nitrogen and oxygen atoms in total. The zero-order chi connectivity index (χ0) is 16.2. The number of benzene rings is 1. The second kappa shape index (κ2) is 8.40. The monoisotopic (exact) mass is 338 g/mol. The normalized spacial score (nSPS) is 11.0. The van der Waals surface area contributed by atoms with E-state index in [1.807, 2.05) is 6.92 Å². The number of pyridine rings is 1. The summed E-state index contributed by atoms with van der Waals surface area (Å²) in [5.74, 6) is -0.770. The van der Waals surface area contributed by atoms with Gasteiger partial charge in [0.1, 0.15) is 10.0 Å². The van der Waals surface area contributed by atoms with E-state index in [4.69, 9.17) is 0 Å². The molecule has 0 atom stereocenters. The van der Waals surface area contributed by atoms with E-state index in [1.54, 1.807) is 43.5 Å². The first-order valence-corrected chi connectivity index (χ1v) is 8.05. The maximum absolute atomic E-state index is 12.0. The van der Waals surface area contributed by atoms with Crippen molar-refractivity contribution >= 4 is 22.0 Å². The van der Waals surface area contributed by atoms with Crippen molar-refractivity contribution in [3.8, 4) is 0 Å². The summed E-state index contributed by atoms with van der Waals surface area (Å²) in [6.45, 7) is 3.64. The Morgan fingerprint density at radius 2 is 1.96 bits per heavy atom. The molecule has 2 aromatic rings. The quantitative estimate of drug-likeness (QED) is 0.747. The van der Waals surface area contributed by atoms with E-state index in [-0.39, 0.29) is 35.1 Å². The average molecular weight is 338 g/mol. The van der Waals surface area contributed by atoms with Crippen LogP contribution < -0.4 is 29.6 Å². The van der Waals surface area contributed by atoms with Crippen LogP contribution in [0.2, 0.25) is 0 Å². The first-order valence-electron chi connectivity index (χ1n) is 6.55. The molecule has 0 saturated carbocycles. The van der Waals surface area contributed by atoms with Crippen molar-refractivity contribution in [3.63, 3.8) is 0 Å². The number of nitrogens with zero attached hydrogens (tertiary/aromatic N) is 2. The second-order valence-corrected chi connectivity index (χ2v) is 6.30. The third-order valence-corrected chi connectivity index (χ3v) is 3.84. The molecule has 0 bridgehead atoms. The van der Waals surface area contributed by atoms with Gasteiger partial charge >= 0.3 is 29.6 Å². The zero-order valence-electron chi connectivity index (χ0n) is 13.2. The fourth-order valence-corrected chi connectivity index (χ4v) is 2.61. The Labute approximate surface area is 158 Å². The van der Waals surface area contributed by atoms with E-state index in [2.05, 4.69) is 9.71 Å². The molecule has 0 radical (unpaired) electrons. The Bertz CT molecular complexity index is 818. The maximum atomic E-state index is 12.0. The third-order valence-electron chi connectivity index (χ3n) is 2.94. The molecule has 114 valence electrons. The van der Waals surface area contributed by atoms with Gasteiger partial charge in [-0.15, -0.1) is 0 Å². The van der Waals surface area contributed by atoms with Crippen molar-refractivity contribution in [2.75, 3.05) is 0 Å². The molecule has 0 aliphatic carbocycles. The number of rotatable bonds is 4. The van der Waals surface area contributed by atoms with Crippen LogP contribution in [0.15, 0.2) is 48.1 Å². The van der Waals surface area contributed by atoms with Crippen LogP contribution in [-0.2, 0) is 10.0 Å². The molecule has 0 aliphatic heterocycles. The molecule has 0 fully saturated rings. The Morgan fingerprint density at radius 1 is 1.22 bits per heavy atom. The molecule has 1 heterocycles. The largest absolute Gasteiger partial charge is 1.00 e. The summed E-state index contributed by atoms with van der Waals surface area (Å²) in [6.07, 6.45) is 4.44. The van der Waals surface area contributed by atoms with E-state index in [0.29, 0.717) is 11.1 Å². The van der Waals surface area contributed by atoms with Crippen LogP contribution in [0.5, 0.6) is 0 Å². The molecule has 0 N–H and O–H groups in total. The summed E-state index contributed by atoms with van der Waals surface area (Å²) in [7, 11) is -3.99. The van der Waals surface area contributed by atoms with Gasteiger partial charge in [-0.2, -0.15) is 0 Å². The summed E-state index contributed by atoms with van der Waals surface area (Å²) in [5, 5.41) is 0.894. The number of hydrogen-bond donors (Lipinski definition) is 0. The van der Waals surface area contributed by atoms with E-state index in [9.17, 15) is 13.2 Å². The predicted molar refractivity (Wildman–Crippen MR) is 85.8 cm³/mol. The maximum Gasteiger partial charge on any atom is 1.00 e. The smallest absolute Gasteiger partial charge is 0.538 e. The summed E-state index contributed by atoms with van der Waals surface area (Å²) >= 11 is 0. The van der Waals surface area contributed by atoms with Gasteiger partial charge in [-0.1, -0.05) is 29.8 Å². The van der Waals surface area contributed by atoms with Crippen molar-refractivity contribution in [3.05, 3.63) is 75.1 Å². The van der Waals surface area contributed by atoms with Crippen molar-refractivity contribution < 1.29 is 42.8 Å². The van der Waals surface area contributed by atoms with E-state index in [0.717, 1.165) is 11.0 Å². The van der Waals surface area contributed by atoms with Crippen LogP contribution in [0.4, 0.5) is 0 Å². The van der Waals surface area contributed by atoms with E-state index in [1.165, 1.54) is 12.3 Å². The van der Waals surface area contributed by atoms with Crippen molar-refractivity contribution in [1.82, 2.24) is 4.98 Å². The summed E-state index contributed by atoms with van der Waals surface area (Å²) in [6, 6.07) is 8.51. The second-order valence-electron chi connectivity index (χ2n) is 4.82. The van der Waals surface area contributed by atoms with Gasteiger partial charge in [-0.3, -0.25) is 4.98 Å². The number of aromatic nitrogens is 1. The zero-order valence-corrected chi connectivity index (χ0v) is 16.0. The molecule has 0 unspecified atom stereocenters. The fraction of sp³-hybridized carbons (Fsp3) is 0.125. The van der Waals surface area contributed by atoms with Gasteiger partial charge < -0.3 is 9.52 Å². The van der Waals surface area contributed by atoms with Gasteiger partial charge in [0, 0.05) is 23.4 Å². The number of aryl methyl sites for hydroxylation is 2. The molecule has 7 heteroatoms. The van der Waals surface area contributed by atoms with Crippen LogP contribution in [0, 0.1) is 13.8 Å². The van der Waals surface area contributed by atoms with Crippen LogP contribution in [0.25, 0.3) is 10.8 Å². The van der Waals surface area contributed by atoms with E-state index >= 15 is 0 Å². The van der Waals surface area contributed by atoms with Crippen LogP contribution >= 0.6 is 0 Å². The Morgan fingerprint density at radius 3 is 2.57 bits per heavy atom. The van der Waals surface area contributed by atoms with Crippen LogP contribution in [0.3, 0.4) is 0 Å². The molecule has 23 heavy (non-hydrogen) atoms. The molecule has 0 spiro atoms. The molecular formula is C16H15N2NaO3S. The Hall–Kier alpha value is -1.47. The van der Waals surface area contributed by atoms with Gasteiger partial charge in [0.05, 0.1) is 5.91 Å². The molecule has 1 aromatic carbocycles. The van der Waals surface area contributed by atoms with Gasteiger partial charge in [-0.25, -0.2) is 8.42 Å². The Balaban J connectivity index is 0.00000264. The molecular weight excluding hydrogens is 323 g/mol. The number of sulfonamides is 1. The summed E-state index contributed by atoms with van der Waals surface area (Å²) in [5.41, 5.74) is 2.58. The van der Waals surface area contributed by atoms with Gasteiger partial charge in [0.15, 0.2) is 0 Å². The van der Waals surface area contributed by atoms with Crippen molar-refractivity contribution in [2.45, 2.75) is 13.8 Å². The number of amides is 1. The SMILES string of the molecule is Cc1ccc(C(=O)[N-]S(=O)(=O)/C=C/c2cccnc2)c(C)c1.[Na+]. The predicted octanol–water partition coefficient (Wildman–Crippen LogP) is 0.217. The minimum Gasteiger partial charge on any atom is -0.538 e. The summed E-state index contributed by atoms with van der Waals surface area (Å²) < 4.78 is 27.1. The number of carbonyl (C=O) groups is 1. The average Bonchev–Trinajstić information content (AvgIpc) is 2.45. The molecule has 0 saturated heterocycles. The van der Waals surface area contributed by atoms with Crippen molar-refractivity contribution in [1.29, 1.82) is 0 Å². The number of hydrogen-bond acceptors (Lipinski definition) is 4. The molecule has 1 amide bonds. The molecule has 1 aromatic heterocycles. The standard InChI is InChI=1S/C16H16N2O3S.Na/c1-12-5-6-15(13(2)10-12)16(19)18-22(20,21)9-7-14-4-3-8-17-11-14;/h3-11H,1-2H3,(H,18,19);/q;+1/p-1/b9-7+;. The van der Waals surface area contributed by atoms with Gasteiger partial charge in [-0.05, 0) is 37.1 Å². The third kappa shape index (κ3) is 5.91. The fourth-order valence-electron chi connectivity index (χ4n) is 1.89. The minimum atomic E-state index is -3.99. The topological polar surface area (TPSA) is 78.2 Å². The summed E-state index contributed by atoms with van der Waals surface area (Å²) in [4.78, 5) is 15.9. The van der Waals surface area contributed by atoms with Crippen molar-refractivity contribution in [2.24, 2.45) is 0 Å². The number of carbonyl (C=O) groups excluding carboxylic acids is 1. The molecule has 2 rings (SSSR count). The minimum absolute atomic E-state index is 0. The van der Waals surface area contributed by atoms with E-state index < -0.39 is 15.9 Å². The first kappa shape index (κ1) is 19.6. The Kier molecular flexibility index (Phi) is 7.15. The first-order chi connectivity index (χ1) is 10.4. The van der Waals surface area contributed by atoms with Crippen LogP contribution in [-0.4, -0.2) is 19.3 Å². The van der Waals surface area contributed by atoms with Gasteiger partial charge in [0.25, 0.3) is 0 Å².